The van der Waals surface area contributed by atoms with Crippen molar-refractivity contribution in [3.8, 4) is 0 Å². The molecule has 2 aromatic rings. The number of rotatable bonds is 4. The van der Waals surface area contributed by atoms with Gasteiger partial charge in [0, 0.05) is 38.4 Å². The number of carbonyl (C=O) groups is 1. The number of nitrogens with zero attached hydrogens (tertiary/aromatic N) is 5. The molecule has 25 heavy (non-hydrogen) atoms. The Morgan fingerprint density at radius 3 is 3.00 bits per heavy atom. The Balaban J connectivity index is 1.53. The number of likely N-dealkylation sites (tertiary alicyclic amines) is 1. The maximum atomic E-state index is 13.0. The summed E-state index contributed by atoms with van der Waals surface area (Å²) in [5.41, 5.74) is 0.638. The molecule has 8 heteroatoms. The van der Waals surface area contributed by atoms with Crippen LogP contribution in [0.3, 0.4) is 0 Å². The minimum absolute atomic E-state index is 0.0193. The van der Waals surface area contributed by atoms with Crippen LogP contribution in [0.5, 0.6) is 0 Å². The van der Waals surface area contributed by atoms with Crippen molar-refractivity contribution in [2.75, 3.05) is 19.8 Å². The molecule has 2 aliphatic rings. The quantitative estimate of drug-likeness (QED) is 0.915. The summed E-state index contributed by atoms with van der Waals surface area (Å²) in [5, 5.41) is 11.7. The van der Waals surface area contributed by atoms with E-state index in [0.29, 0.717) is 18.2 Å². The molecular formula is C17H24N6O2. The molecule has 2 fully saturated rings. The Hall–Kier alpha value is -2.22. The van der Waals surface area contributed by atoms with Crippen molar-refractivity contribution >= 4 is 5.91 Å². The van der Waals surface area contributed by atoms with Crippen molar-refractivity contribution in [2.45, 2.75) is 51.1 Å². The lowest BCUT2D eigenvalue weighted by molar-refractivity contribution is 0.0717. The predicted molar refractivity (Wildman–Crippen MR) is 90.1 cm³/mol. The van der Waals surface area contributed by atoms with Crippen LogP contribution in [0.2, 0.25) is 0 Å². The van der Waals surface area contributed by atoms with Crippen molar-refractivity contribution in [1.82, 2.24) is 29.9 Å². The number of aryl methyl sites for hydroxylation is 1. The first-order valence-corrected chi connectivity index (χ1v) is 9.10. The molecule has 4 rings (SSSR count). The topological polar surface area (TPSA) is 88.9 Å². The molecule has 0 saturated carbocycles. The molecule has 0 spiro atoms. The van der Waals surface area contributed by atoms with Crippen LogP contribution in [-0.4, -0.2) is 55.5 Å². The van der Waals surface area contributed by atoms with E-state index < -0.39 is 0 Å². The number of aromatic nitrogens is 5. The van der Waals surface area contributed by atoms with Gasteiger partial charge in [0.05, 0.1) is 6.04 Å². The van der Waals surface area contributed by atoms with Gasteiger partial charge in [-0.1, -0.05) is 0 Å². The molecule has 0 bridgehead atoms. The molecule has 2 aliphatic heterocycles. The average Bonchev–Trinajstić information content (AvgIpc) is 3.41. The van der Waals surface area contributed by atoms with Crippen LogP contribution < -0.4 is 0 Å². The van der Waals surface area contributed by atoms with Gasteiger partial charge >= 0.3 is 0 Å². The van der Waals surface area contributed by atoms with Crippen LogP contribution in [0.1, 0.15) is 66.7 Å². The highest BCUT2D eigenvalue weighted by Gasteiger charge is 2.34. The highest BCUT2D eigenvalue weighted by molar-refractivity contribution is 5.93. The van der Waals surface area contributed by atoms with Crippen LogP contribution in [-0.2, 0) is 11.3 Å². The molecule has 2 saturated heterocycles. The maximum absolute atomic E-state index is 13.0. The molecule has 1 N–H and O–H groups in total. The lowest BCUT2D eigenvalue weighted by atomic mass is 10.00. The lowest BCUT2D eigenvalue weighted by Gasteiger charge is -2.23. The number of carbonyl (C=O) groups excluding carboxylic acids is 1. The maximum Gasteiger partial charge on any atom is 0.272 e. The third-order valence-corrected chi connectivity index (χ3v) is 5.17. The minimum Gasteiger partial charge on any atom is -0.381 e. The number of ether oxygens (including phenoxy) is 1. The monoisotopic (exact) mass is 344 g/mol. The van der Waals surface area contributed by atoms with Crippen LogP contribution in [0, 0.1) is 0 Å². The van der Waals surface area contributed by atoms with Gasteiger partial charge in [-0.3, -0.25) is 14.6 Å². The van der Waals surface area contributed by atoms with E-state index >= 15 is 0 Å². The van der Waals surface area contributed by atoms with Gasteiger partial charge in [0.2, 0.25) is 0 Å². The van der Waals surface area contributed by atoms with E-state index in [-0.39, 0.29) is 11.9 Å². The number of H-pyrrole nitrogens is 1. The third-order valence-electron chi connectivity index (χ3n) is 5.17. The van der Waals surface area contributed by atoms with E-state index in [1.165, 1.54) is 0 Å². The number of hydrogen-bond donors (Lipinski definition) is 1. The standard InChI is InChI=1S/C17H24N6O2/c1-2-23-14(5-8-18-23)17(24)22-9-3-4-13(22)16-19-15(20-21-16)12-6-10-25-11-7-12/h5,8,12-13H,2-4,6-7,9-11H2,1H3,(H,19,20,21)/t13-/m0/s1. The van der Waals surface area contributed by atoms with E-state index in [1.54, 1.807) is 16.9 Å². The molecule has 8 nitrogen and oxygen atoms in total. The van der Waals surface area contributed by atoms with Gasteiger partial charge in [-0.2, -0.15) is 10.2 Å². The van der Waals surface area contributed by atoms with Gasteiger partial charge < -0.3 is 9.64 Å². The smallest absolute Gasteiger partial charge is 0.272 e. The largest absolute Gasteiger partial charge is 0.381 e. The summed E-state index contributed by atoms with van der Waals surface area (Å²) in [6.45, 7) is 4.95. The highest BCUT2D eigenvalue weighted by atomic mass is 16.5. The molecule has 0 unspecified atom stereocenters. The molecule has 134 valence electrons. The number of aromatic amines is 1. The first-order valence-electron chi connectivity index (χ1n) is 9.10. The van der Waals surface area contributed by atoms with E-state index in [9.17, 15) is 4.79 Å². The third kappa shape index (κ3) is 3.06. The van der Waals surface area contributed by atoms with E-state index in [2.05, 4.69) is 15.3 Å². The molecular weight excluding hydrogens is 320 g/mol. The van der Waals surface area contributed by atoms with Crippen LogP contribution >= 0.6 is 0 Å². The molecule has 1 atom stereocenters. The van der Waals surface area contributed by atoms with Gasteiger partial charge in [-0.05, 0) is 38.7 Å². The molecule has 0 aromatic carbocycles. The Morgan fingerprint density at radius 2 is 2.20 bits per heavy atom. The zero-order chi connectivity index (χ0) is 17.2. The first-order chi connectivity index (χ1) is 12.3. The number of amides is 1. The van der Waals surface area contributed by atoms with Crippen molar-refractivity contribution in [1.29, 1.82) is 0 Å². The fourth-order valence-corrected chi connectivity index (χ4v) is 3.78. The summed E-state index contributed by atoms with van der Waals surface area (Å²) in [5.74, 6) is 2.03. The zero-order valence-electron chi connectivity index (χ0n) is 14.5. The molecule has 2 aromatic heterocycles. The zero-order valence-corrected chi connectivity index (χ0v) is 14.5. The van der Waals surface area contributed by atoms with Crippen molar-refractivity contribution in [2.24, 2.45) is 0 Å². The summed E-state index contributed by atoms with van der Waals surface area (Å²) in [6, 6.07) is 1.75. The summed E-state index contributed by atoms with van der Waals surface area (Å²) in [4.78, 5) is 19.6. The predicted octanol–water partition coefficient (Wildman–Crippen LogP) is 1.89. The van der Waals surface area contributed by atoms with E-state index in [1.807, 2.05) is 11.8 Å². The summed E-state index contributed by atoms with van der Waals surface area (Å²) in [6.07, 6.45) is 5.48. The summed E-state index contributed by atoms with van der Waals surface area (Å²) < 4.78 is 7.15. The van der Waals surface area contributed by atoms with Crippen molar-refractivity contribution in [3.05, 3.63) is 29.6 Å². The van der Waals surface area contributed by atoms with Gasteiger partial charge in [-0.25, -0.2) is 4.98 Å². The fourth-order valence-electron chi connectivity index (χ4n) is 3.78. The first kappa shape index (κ1) is 16.3. The van der Waals surface area contributed by atoms with Gasteiger partial charge in [0.25, 0.3) is 5.91 Å². The molecule has 0 radical (unpaired) electrons. The Labute approximate surface area is 146 Å². The second kappa shape index (κ2) is 6.95. The van der Waals surface area contributed by atoms with Gasteiger partial charge in [0.15, 0.2) is 5.82 Å². The Morgan fingerprint density at radius 1 is 1.36 bits per heavy atom. The highest BCUT2D eigenvalue weighted by Crippen LogP contribution is 2.32. The Kier molecular flexibility index (Phi) is 4.52. The van der Waals surface area contributed by atoms with E-state index in [0.717, 1.165) is 57.1 Å². The Bertz CT molecular complexity index is 733. The van der Waals surface area contributed by atoms with Gasteiger partial charge in [-0.15, -0.1) is 0 Å². The minimum atomic E-state index is -0.0335. The van der Waals surface area contributed by atoms with Crippen molar-refractivity contribution < 1.29 is 9.53 Å². The fraction of sp³-hybridized carbons (Fsp3) is 0.647. The van der Waals surface area contributed by atoms with Crippen LogP contribution in [0.15, 0.2) is 12.3 Å². The van der Waals surface area contributed by atoms with E-state index in [4.69, 9.17) is 9.72 Å². The molecule has 4 heterocycles. The summed E-state index contributed by atoms with van der Waals surface area (Å²) >= 11 is 0. The second-order valence-corrected chi connectivity index (χ2v) is 6.65. The van der Waals surface area contributed by atoms with Crippen LogP contribution in [0.4, 0.5) is 0 Å². The average molecular weight is 344 g/mol. The number of nitrogens with one attached hydrogen (secondary N) is 1. The van der Waals surface area contributed by atoms with Gasteiger partial charge in [0.1, 0.15) is 11.5 Å². The second-order valence-electron chi connectivity index (χ2n) is 6.65. The van der Waals surface area contributed by atoms with Crippen molar-refractivity contribution in [3.63, 3.8) is 0 Å². The summed E-state index contributed by atoms with van der Waals surface area (Å²) in [7, 11) is 0. The normalized spacial score (nSPS) is 21.8. The molecule has 1 amide bonds. The SMILES string of the molecule is CCn1nccc1C(=O)N1CCC[C@H]1c1nc(C2CCOCC2)n[nH]1. The number of hydrogen-bond acceptors (Lipinski definition) is 5. The molecule has 0 aliphatic carbocycles. The lowest BCUT2D eigenvalue weighted by Crippen LogP contribution is -2.32. The van der Waals surface area contributed by atoms with Crippen LogP contribution in [0.25, 0.3) is 0 Å².